The smallest absolute Gasteiger partial charge is 0.184 e. The fourth-order valence-corrected chi connectivity index (χ4v) is 1.48. The van der Waals surface area contributed by atoms with Crippen LogP contribution in [0.25, 0.3) is 0 Å². The van der Waals surface area contributed by atoms with Gasteiger partial charge in [-0.3, -0.25) is 0 Å². The maximum atomic E-state index is 5.66. The summed E-state index contributed by atoms with van der Waals surface area (Å²) >= 11 is 5.66. The Balaban J connectivity index is 2.04. The molecule has 1 aliphatic heterocycles. The Morgan fingerprint density at radius 1 is 1.31 bits per heavy atom. The number of hydrogen-bond acceptors (Lipinski definition) is 2. The van der Waals surface area contributed by atoms with Gasteiger partial charge in [0.25, 0.3) is 0 Å². The zero-order chi connectivity index (χ0) is 9.10. The van der Waals surface area contributed by atoms with E-state index in [4.69, 9.17) is 21.1 Å². The third kappa shape index (κ3) is 2.02. The lowest BCUT2D eigenvalue weighted by molar-refractivity contribution is -0.0567. The van der Waals surface area contributed by atoms with E-state index in [1.165, 1.54) is 0 Å². The van der Waals surface area contributed by atoms with Gasteiger partial charge in [-0.1, -0.05) is 30.3 Å². The van der Waals surface area contributed by atoms with E-state index >= 15 is 0 Å². The van der Waals surface area contributed by atoms with Crippen LogP contribution in [0.5, 0.6) is 0 Å². The van der Waals surface area contributed by atoms with Crippen LogP contribution in [-0.2, 0) is 9.47 Å². The Morgan fingerprint density at radius 2 is 2.08 bits per heavy atom. The predicted molar refractivity (Wildman–Crippen MR) is 50.7 cm³/mol. The second kappa shape index (κ2) is 4.09. The molecule has 0 bridgehead atoms. The molecule has 1 heterocycles. The van der Waals surface area contributed by atoms with E-state index in [9.17, 15) is 0 Å². The van der Waals surface area contributed by atoms with Gasteiger partial charge in [-0.25, -0.2) is 0 Å². The molecule has 0 N–H and O–H groups in total. The van der Waals surface area contributed by atoms with Gasteiger partial charge in [-0.15, -0.1) is 11.6 Å². The summed E-state index contributed by atoms with van der Waals surface area (Å²) in [5.41, 5.74) is 1.05. The Bertz CT molecular complexity index is 263. The Kier molecular flexibility index (Phi) is 2.83. The molecule has 1 aromatic carbocycles. The van der Waals surface area contributed by atoms with Crippen LogP contribution in [0.2, 0.25) is 0 Å². The number of ether oxygens (including phenoxy) is 2. The summed E-state index contributed by atoms with van der Waals surface area (Å²) in [6, 6.07) is 9.88. The molecule has 2 atom stereocenters. The number of hydrogen-bond donors (Lipinski definition) is 0. The van der Waals surface area contributed by atoms with Gasteiger partial charge in [0.2, 0.25) is 0 Å². The molecular formula is C10H11ClO2. The van der Waals surface area contributed by atoms with Gasteiger partial charge in [0.15, 0.2) is 6.29 Å². The Labute approximate surface area is 82.4 Å². The van der Waals surface area contributed by atoms with Crippen molar-refractivity contribution in [2.45, 2.75) is 12.4 Å². The lowest BCUT2D eigenvalue weighted by Gasteiger charge is -2.09. The summed E-state index contributed by atoms with van der Waals surface area (Å²) in [4.78, 5) is 0. The Hall–Kier alpha value is -0.570. The lowest BCUT2D eigenvalue weighted by Crippen LogP contribution is -2.10. The first kappa shape index (κ1) is 9.00. The summed E-state index contributed by atoms with van der Waals surface area (Å²) in [6.45, 7) is 0.586. The fraction of sp³-hybridized carbons (Fsp3) is 0.400. The quantitative estimate of drug-likeness (QED) is 0.680. The minimum absolute atomic E-state index is 0.0341. The van der Waals surface area contributed by atoms with Crippen molar-refractivity contribution in [1.29, 1.82) is 0 Å². The molecule has 2 rings (SSSR count). The van der Waals surface area contributed by atoms with Crippen molar-refractivity contribution in [3.8, 4) is 0 Å². The topological polar surface area (TPSA) is 18.5 Å². The molecular weight excluding hydrogens is 188 g/mol. The first-order valence-electron chi connectivity index (χ1n) is 4.28. The molecule has 2 nitrogen and oxygen atoms in total. The monoisotopic (exact) mass is 198 g/mol. The minimum Gasteiger partial charge on any atom is -0.346 e. The van der Waals surface area contributed by atoms with Gasteiger partial charge >= 0.3 is 0 Å². The van der Waals surface area contributed by atoms with Crippen LogP contribution in [0.3, 0.4) is 0 Å². The van der Waals surface area contributed by atoms with Gasteiger partial charge in [0.05, 0.1) is 18.6 Å². The third-order valence-corrected chi connectivity index (χ3v) is 2.34. The van der Waals surface area contributed by atoms with Crippen molar-refractivity contribution < 1.29 is 9.47 Å². The normalized spacial score (nSPS) is 27.8. The molecule has 1 aromatic rings. The van der Waals surface area contributed by atoms with Crippen LogP contribution in [0.4, 0.5) is 0 Å². The molecule has 0 aromatic heterocycles. The van der Waals surface area contributed by atoms with Crippen LogP contribution in [0.15, 0.2) is 30.3 Å². The number of benzene rings is 1. The van der Waals surface area contributed by atoms with Crippen molar-refractivity contribution in [2.24, 2.45) is 0 Å². The minimum atomic E-state index is -0.232. The van der Waals surface area contributed by atoms with Gasteiger partial charge in [-0.2, -0.15) is 0 Å². The summed E-state index contributed by atoms with van der Waals surface area (Å²) < 4.78 is 11.0. The predicted octanol–water partition coefficient (Wildman–Crippen LogP) is 2.34. The van der Waals surface area contributed by atoms with E-state index in [0.29, 0.717) is 12.5 Å². The molecule has 1 fully saturated rings. The highest BCUT2D eigenvalue weighted by Gasteiger charge is 2.26. The van der Waals surface area contributed by atoms with Crippen LogP contribution in [0, 0.1) is 0 Å². The Morgan fingerprint density at radius 3 is 2.69 bits per heavy atom. The first-order valence-corrected chi connectivity index (χ1v) is 4.81. The molecule has 70 valence electrons. The summed E-state index contributed by atoms with van der Waals surface area (Å²) in [6.07, 6.45) is -0.197. The average Bonchev–Trinajstić information content (AvgIpc) is 2.67. The highest BCUT2D eigenvalue weighted by atomic mass is 35.5. The molecule has 0 spiro atoms. The molecule has 0 radical (unpaired) electrons. The van der Waals surface area contributed by atoms with E-state index in [1.54, 1.807) is 0 Å². The van der Waals surface area contributed by atoms with Crippen LogP contribution in [-0.4, -0.2) is 18.6 Å². The number of halogens is 1. The molecule has 1 saturated heterocycles. The van der Waals surface area contributed by atoms with Crippen LogP contribution < -0.4 is 0 Å². The van der Waals surface area contributed by atoms with Crippen molar-refractivity contribution in [3.05, 3.63) is 35.9 Å². The fourth-order valence-electron chi connectivity index (χ4n) is 1.31. The molecule has 13 heavy (non-hydrogen) atoms. The molecule has 0 saturated carbocycles. The van der Waals surface area contributed by atoms with Crippen molar-refractivity contribution in [3.63, 3.8) is 0 Å². The van der Waals surface area contributed by atoms with Crippen molar-refractivity contribution in [2.75, 3.05) is 12.5 Å². The van der Waals surface area contributed by atoms with Crippen LogP contribution >= 0.6 is 11.6 Å². The second-order valence-corrected chi connectivity index (χ2v) is 3.30. The van der Waals surface area contributed by atoms with E-state index in [0.717, 1.165) is 5.56 Å². The van der Waals surface area contributed by atoms with Gasteiger partial charge in [-0.05, 0) is 0 Å². The van der Waals surface area contributed by atoms with E-state index in [2.05, 4.69) is 0 Å². The highest BCUT2D eigenvalue weighted by molar-refractivity contribution is 6.18. The lowest BCUT2D eigenvalue weighted by atomic mass is 10.2. The zero-order valence-electron chi connectivity index (χ0n) is 7.15. The number of alkyl halides is 1. The zero-order valence-corrected chi connectivity index (χ0v) is 7.91. The van der Waals surface area contributed by atoms with E-state index < -0.39 is 0 Å². The van der Waals surface area contributed by atoms with Gasteiger partial charge in [0, 0.05) is 5.56 Å². The van der Waals surface area contributed by atoms with E-state index in [1.807, 2.05) is 30.3 Å². The van der Waals surface area contributed by atoms with Gasteiger partial charge < -0.3 is 9.47 Å². The maximum Gasteiger partial charge on any atom is 0.184 e. The van der Waals surface area contributed by atoms with Crippen molar-refractivity contribution >= 4 is 11.6 Å². The largest absolute Gasteiger partial charge is 0.346 e. The molecule has 3 heteroatoms. The average molecular weight is 199 g/mol. The molecule has 0 unspecified atom stereocenters. The standard InChI is InChI=1S/C10H11ClO2/c11-6-9-7-12-10(13-9)8-4-2-1-3-5-8/h1-5,9-10H,6-7H2/t9-,10+/m1/s1. The maximum absolute atomic E-state index is 5.66. The SMILES string of the molecule is ClC[C@@H]1CO[C@H](c2ccccc2)O1. The van der Waals surface area contributed by atoms with E-state index in [-0.39, 0.29) is 12.4 Å². The summed E-state index contributed by atoms with van der Waals surface area (Å²) in [5.74, 6) is 0.489. The molecule has 0 aliphatic carbocycles. The number of rotatable bonds is 2. The second-order valence-electron chi connectivity index (χ2n) is 2.99. The van der Waals surface area contributed by atoms with Gasteiger partial charge in [0.1, 0.15) is 0 Å². The third-order valence-electron chi connectivity index (χ3n) is 1.99. The molecule has 0 amide bonds. The first-order chi connectivity index (χ1) is 6.40. The van der Waals surface area contributed by atoms with Crippen LogP contribution in [0.1, 0.15) is 11.9 Å². The summed E-state index contributed by atoms with van der Waals surface area (Å²) in [5, 5.41) is 0. The summed E-state index contributed by atoms with van der Waals surface area (Å²) in [7, 11) is 0. The van der Waals surface area contributed by atoms with Crippen molar-refractivity contribution in [1.82, 2.24) is 0 Å². The highest BCUT2D eigenvalue weighted by Crippen LogP contribution is 2.26. The molecule has 1 aliphatic rings.